The van der Waals surface area contributed by atoms with Gasteiger partial charge in [-0.25, -0.2) is 9.69 Å². The molecule has 1 aliphatic heterocycles. The van der Waals surface area contributed by atoms with Gasteiger partial charge in [0.05, 0.1) is 17.8 Å². The van der Waals surface area contributed by atoms with Crippen molar-refractivity contribution in [2.75, 3.05) is 12.0 Å². The standard InChI is InChI=1S/C30H23ClN2O5/c1-18-7-3-6-10-25(18)33-29(35)23(28(34)32-30(33)36)14-20-15-24(31)27(26(16-20)37-2)38-17-19-11-12-21-8-4-5-9-22(21)13-19/h3-16H,17H2,1-2H3,(H,32,34,36)/b23-14+. The summed E-state index contributed by atoms with van der Waals surface area (Å²) in [4.78, 5) is 39.3. The van der Waals surface area contributed by atoms with Crippen molar-refractivity contribution in [3.63, 3.8) is 0 Å². The molecular formula is C30H23ClN2O5. The molecule has 1 fully saturated rings. The lowest BCUT2D eigenvalue weighted by Gasteiger charge is -2.27. The number of benzene rings is 4. The number of rotatable bonds is 6. The van der Waals surface area contributed by atoms with Gasteiger partial charge in [0.15, 0.2) is 11.5 Å². The average Bonchev–Trinajstić information content (AvgIpc) is 2.91. The number of amides is 4. The van der Waals surface area contributed by atoms with Gasteiger partial charge in [0.25, 0.3) is 11.8 Å². The molecule has 4 amide bonds. The topological polar surface area (TPSA) is 84.9 Å². The second-order valence-corrected chi connectivity index (χ2v) is 9.16. The van der Waals surface area contributed by atoms with Crippen LogP contribution in [0.3, 0.4) is 0 Å². The number of halogens is 1. The van der Waals surface area contributed by atoms with Gasteiger partial charge in [0.2, 0.25) is 0 Å². The normalized spacial score (nSPS) is 14.7. The van der Waals surface area contributed by atoms with Crippen LogP contribution >= 0.6 is 11.6 Å². The fourth-order valence-corrected chi connectivity index (χ4v) is 4.58. The molecule has 0 spiro atoms. The van der Waals surface area contributed by atoms with E-state index in [2.05, 4.69) is 5.32 Å². The van der Waals surface area contributed by atoms with Gasteiger partial charge in [-0.2, -0.15) is 0 Å². The second kappa shape index (κ2) is 10.4. The van der Waals surface area contributed by atoms with Crippen LogP contribution in [-0.4, -0.2) is 25.0 Å². The molecular weight excluding hydrogens is 504 g/mol. The van der Waals surface area contributed by atoms with Gasteiger partial charge in [-0.1, -0.05) is 66.2 Å². The highest BCUT2D eigenvalue weighted by Crippen LogP contribution is 2.38. The third-order valence-electron chi connectivity index (χ3n) is 6.22. The first-order chi connectivity index (χ1) is 18.4. The Morgan fingerprint density at radius 1 is 0.921 bits per heavy atom. The number of anilines is 1. The minimum atomic E-state index is -0.806. The highest BCUT2D eigenvalue weighted by molar-refractivity contribution is 6.39. The number of methoxy groups -OCH3 is 1. The summed E-state index contributed by atoms with van der Waals surface area (Å²) in [5, 5.41) is 4.71. The Kier molecular flexibility index (Phi) is 6.85. The zero-order valence-corrected chi connectivity index (χ0v) is 21.4. The van der Waals surface area contributed by atoms with E-state index >= 15 is 0 Å². The Balaban J connectivity index is 1.43. The van der Waals surface area contributed by atoms with Gasteiger partial charge in [-0.3, -0.25) is 14.9 Å². The van der Waals surface area contributed by atoms with Crippen LogP contribution in [0.5, 0.6) is 11.5 Å². The number of carbonyl (C=O) groups is 3. The Bertz CT molecular complexity index is 1630. The Morgan fingerprint density at radius 2 is 1.66 bits per heavy atom. The van der Waals surface area contributed by atoms with Crippen molar-refractivity contribution in [1.82, 2.24) is 5.32 Å². The Hall–Kier alpha value is -4.62. The molecule has 0 saturated carbocycles. The SMILES string of the molecule is COc1cc(/C=C2\C(=O)NC(=O)N(c3ccccc3C)C2=O)cc(Cl)c1OCc1ccc2ccccc2c1. The summed E-state index contributed by atoms with van der Waals surface area (Å²) >= 11 is 6.55. The maximum atomic E-state index is 13.2. The molecule has 1 aliphatic rings. The number of barbiturate groups is 1. The number of hydrogen-bond donors (Lipinski definition) is 1. The highest BCUT2D eigenvalue weighted by Gasteiger charge is 2.37. The van der Waals surface area contributed by atoms with Gasteiger partial charge in [-0.15, -0.1) is 0 Å². The van der Waals surface area contributed by atoms with Gasteiger partial charge in [0, 0.05) is 0 Å². The first-order valence-electron chi connectivity index (χ1n) is 11.8. The number of nitrogens with zero attached hydrogens (tertiary/aromatic N) is 1. The number of urea groups is 1. The van der Waals surface area contributed by atoms with Crippen molar-refractivity contribution in [3.8, 4) is 11.5 Å². The van der Waals surface area contributed by atoms with Crippen molar-refractivity contribution in [1.29, 1.82) is 0 Å². The first-order valence-corrected chi connectivity index (χ1v) is 12.2. The van der Waals surface area contributed by atoms with Crippen molar-refractivity contribution in [3.05, 3.63) is 106 Å². The van der Waals surface area contributed by atoms with Crippen LogP contribution in [0.4, 0.5) is 10.5 Å². The molecule has 1 saturated heterocycles. The number of aryl methyl sites for hydroxylation is 1. The van der Waals surface area contributed by atoms with E-state index in [1.807, 2.05) is 42.5 Å². The number of hydrogen-bond acceptors (Lipinski definition) is 5. The van der Waals surface area contributed by atoms with E-state index in [-0.39, 0.29) is 17.2 Å². The fourth-order valence-electron chi connectivity index (χ4n) is 4.30. The smallest absolute Gasteiger partial charge is 0.335 e. The summed E-state index contributed by atoms with van der Waals surface area (Å²) in [6, 6.07) is 23.4. The van der Waals surface area contributed by atoms with Crippen molar-refractivity contribution < 1.29 is 23.9 Å². The maximum absolute atomic E-state index is 13.2. The lowest BCUT2D eigenvalue weighted by Crippen LogP contribution is -2.54. The van der Waals surface area contributed by atoms with E-state index in [1.165, 1.54) is 13.2 Å². The molecule has 8 heteroatoms. The predicted molar refractivity (Wildman–Crippen MR) is 146 cm³/mol. The van der Waals surface area contributed by atoms with E-state index in [0.717, 1.165) is 21.2 Å². The van der Waals surface area contributed by atoms with Crippen molar-refractivity contribution in [2.24, 2.45) is 0 Å². The molecule has 4 aromatic rings. The summed E-state index contributed by atoms with van der Waals surface area (Å²) in [5.74, 6) is -0.863. The van der Waals surface area contributed by atoms with E-state index in [1.54, 1.807) is 43.3 Å². The van der Waals surface area contributed by atoms with E-state index in [9.17, 15) is 14.4 Å². The van der Waals surface area contributed by atoms with Crippen molar-refractivity contribution in [2.45, 2.75) is 13.5 Å². The number of carbonyl (C=O) groups excluding carboxylic acids is 3. The molecule has 7 nitrogen and oxygen atoms in total. The predicted octanol–water partition coefficient (Wildman–Crippen LogP) is 6.06. The van der Waals surface area contributed by atoms with Crippen LogP contribution in [0.25, 0.3) is 16.8 Å². The number of fused-ring (bicyclic) bond motifs is 1. The lowest BCUT2D eigenvalue weighted by atomic mass is 10.1. The first kappa shape index (κ1) is 25.0. The van der Waals surface area contributed by atoms with E-state index in [0.29, 0.717) is 28.3 Å². The summed E-state index contributed by atoms with van der Waals surface area (Å²) < 4.78 is 11.5. The van der Waals surface area contributed by atoms with Crippen LogP contribution in [0.15, 0.2) is 84.4 Å². The Morgan fingerprint density at radius 3 is 2.42 bits per heavy atom. The molecule has 0 aromatic heterocycles. The van der Waals surface area contributed by atoms with Crippen LogP contribution in [0.1, 0.15) is 16.7 Å². The quantitative estimate of drug-likeness (QED) is 0.244. The molecule has 38 heavy (non-hydrogen) atoms. The van der Waals surface area contributed by atoms with Gasteiger partial charge in [0.1, 0.15) is 12.2 Å². The summed E-state index contributed by atoms with van der Waals surface area (Å²) in [6.45, 7) is 2.03. The summed E-state index contributed by atoms with van der Waals surface area (Å²) in [6.07, 6.45) is 1.37. The molecule has 1 N–H and O–H groups in total. The minimum absolute atomic E-state index is 0.212. The molecule has 0 atom stereocenters. The van der Waals surface area contributed by atoms with E-state index < -0.39 is 17.8 Å². The van der Waals surface area contributed by atoms with Gasteiger partial charge >= 0.3 is 6.03 Å². The third kappa shape index (κ3) is 4.84. The average molecular weight is 527 g/mol. The van der Waals surface area contributed by atoms with Gasteiger partial charge < -0.3 is 9.47 Å². The molecule has 0 aliphatic carbocycles. The number of ether oxygens (including phenoxy) is 2. The fraction of sp³-hybridized carbons (Fsp3) is 0.100. The monoisotopic (exact) mass is 526 g/mol. The summed E-state index contributed by atoms with van der Waals surface area (Å²) in [7, 11) is 1.47. The van der Waals surface area contributed by atoms with Crippen LogP contribution in [0, 0.1) is 6.92 Å². The second-order valence-electron chi connectivity index (χ2n) is 8.75. The Labute approximate surface area is 224 Å². The number of nitrogens with one attached hydrogen (secondary N) is 1. The summed E-state index contributed by atoms with van der Waals surface area (Å²) in [5.41, 5.74) is 2.28. The molecule has 0 radical (unpaired) electrons. The number of para-hydroxylation sites is 1. The van der Waals surface area contributed by atoms with Crippen molar-refractivity contribution >= 4 is 52.0 Å². The molecule has 5 rings (SSSR count). The molecule has 190 valence electrons. The minimum Gasteiger partial charge on any atom is -0.493 e. The largest absolute Gasteiger partial charge is 0.493 e. The zero-order chi connectivity index (χ0) is 26.8. The van der Waals surface area contributed by atoms with Gasteiger partial charge in [-0.05, 0) is 64.7 Å². The lowest BCUT2D eigenvalue weighted by molar-refractivity contribution is -0.122. The molecule has 0 bridgehead atoms. The zero-order valence-electron chi connectivity index (χ0n) is 20.7. The van der Waals surface area contributed by atoms with Crippen LogP contribution in [-0.2, 0) is 16.2 Å². The molecule has 1 heterocycles. The van der Waals surface area contributed by atoms with Crippen LogP contribution < -0.4 is 19.7 Å². The van der Waals surface area contributed by atoms with Crippen LogP contribution in [0.2, 0.25) is 5.02 Å². The maximum Gasteiger partial charge on any atom is 0.335 e. The molecule has 4 aromatic carbocycles. The van der Waals surface area contributed by atoms with E-state index in [4.69, 9.17) is 21.1 Å². The number of imide groups is 2. The highest BCUT2D eigenvalue weighted by atomic mass is 35.5. The third-order valence-corrected chi connectivity index (χ3v) is 6.50. The molecule has 0 unspecified atom stereocenters.